The van der Waals surface area contributed by atoms with Gasteiger partial charge in [-0.25, -0.2) is 0 Å². The fourth-order valence-electron chi connectivity index (χ4n) is 7.92. The molecule has 9 aromatic carbocycles. The van der Waals surface area contributed by atoms with Crippen LogP contribution in [0.5, 0.6) is 0 Å². The summed E-state index contributed by atoms with van der Waals surface area (Å²) in [6, 6.07) is 12.0. The van der Waals surface area contributed by atoms with Gasteiger partial charge in [0.15, 0.2) is 0 Å². The predicted octanol–water partition coefficient (Wildman–Crippen LogP) is 17.1. The van der Waals surface area contributed by atoms with E-state index in [4.69, 9.17) is 27.4 Å². The lowest BCUT2D eigenvalue weighted by Crippen LogP contribution is -1.99. The molecule has 2 nitrogen and oxygen atoms in total. The number of benzene rings is 9. The number of hydrogen-bond acceptors (Lipinski definition) is 4. The average Bonchev–Trinajstić information content (AvgIpc) is 3.46. The van der Waals surface area contributed by atoms with Gasteiger partial charge in [-0.2, -0.15) is 0 Å². The van der Waals surface area contributed by atoms with Crippen molar-refractivity contribution in [2.45, 2.75) is 0 Å². The molecular weight excluding hydrogens is 805 g/mol. The topological polar surface area (TPSA) is 8.82 Å². The van der Waals surface area contributed by atoms with Gasteiger partial charge < -0.3 is 8.80 Å². The number of rotatable bonds is 4. The first kappa shape index (κ1) is 20.1. The fourth-order valence-corrected chi connectivity index (χ4v) is 13.1. The van der Waals surface area contributed by atoms with E-state index in [2.05, 4.69) is 8.80 Å². The van der Waals surface area contributed by atoms with Crippen LogP contribution < -0.4 is 0 Å². The van der Waals surface area contributed by atoms with E-state index < -0.39 is 72.5 Å². The van der Waals surface area contributed by atoms with Crippen molar-refractivity contribution < 1.29 is 27.4 Å². The van der Waals surface area contributed by atoms with Crippen LogP contribution in [0.15, 0.2) is 194 Å². The van der Waals surface area contributed by atoms with Crippen molar-refractivity contribution in [2.75, 3.05) is 0 Å². The Balaban J connectivity index is 1.24. The molecule has 13 aromatic rings. The maximum atomic E-state index is 8.92. The normalized spacial score (nSPS) is 16.7. The fraction of sp³-hybridized carbons (Fsp3) is 0. The average molecular weight is 857 g/mol. The molecule has 0 N–H and O–H groups in total. The smallest absolute Gasteiger partial charge is 0.0838 e. The molecule has 60 heavy (non-hydrogen) atoms. The Bertz CT molecular complexity index is 4360. The summed E-state index contributed by atoms with van der Waals surface area (Å²) in [5.74, 6) is 0. The zero-order valence-corrected chi connectivity index (χ0v) is 33.7. The number of nitrogens with zero attached hydrogens (tertiary/aromatic N) is 2. The number of fused-ring (bicyclic) bond motifs is 10. The highest BCUT2D eigenvalue weighted by atomic mass is 32.1. The molecule has 0 amide bonds. The maximum absolute atomic E-state index is 8.92. The minimum atomic E-state index is -0.534. The first-order valence-electron chi connectivity index (χ1n) is 28.4. The lowest BCUT2D eigenvalue weighted by molar-refractivity contribution is 1.33. The monoisotopic (exact) mass is 856 g/mol. The van der Waals surface area contributed by atoms with E-state index in [-0.39, 0.29) is 70.6 Å². The molecule has 0 aliphatic heterocycles. The first-order valence-corrected chi connectivity index (χ1v) is 21.7. The molecule has 282 valence electrons. The lowest BCUT2D eigenvalue weighted by Gasteiger charge is -2.21. The molecule has 0 fully saturated rings. The van der Waals surface area contributed by atoms with Crippen molar-refractivity contribution >= 4 is 116 Å². The number of aromatic nitrogens is 2. The van der Waals surface area contributed by atoms with Crippen molar-refractivity contribution in [1.82, 2.24) is 8.80 Å². The van der Waals surface area contributed by atoms with Crippen molar-refractivity contribution in [3.8, 4) is 44.5 Å². The van der Waals surface area contributed by atoms with E-state index in [0.717, 1.165) is 29.8 Å². The lowest BCUT2D eigenvalue weighted by atomic mass is 10.0. The minimum Gasteiger partial charge on any atom is -0.305 e. The molecule has 6 heteroatoms. The van der Waals surface area contributed by atoms with Crippen molar-refractivity contribution in [3.63, 3.8) is 0 Å². The second-order valence-electron chi connectivity index (χ2n) is 13.8. The zero-order chi connectivity index (χ0) is 56.7. The van der Waals surface area contributed by atoms with Crippen LogP contribution in [0.3, 0.4) is 0 Å². The molecule has 0 radical (unpaired) electrons. The highest BCUT2D eigenvalue weighted by Crippen LogP contribution is 2.50. The summed E-state index contributed by atoms with van der Waals surface area (Å²) in [5.41, 5.74) is 5.48. The van der Waals surface area contributed by atoms with Gasteiger partial charge >= 0.3 is 0 Å². The van der Waals surface area contributed by atoms with Crippen LogP contribution in [-0.2, 0) is 0 Å². The van der Waals surface area contributed by atoms with Gasteiger partial charge in [-0.05, 0) is 93.0 Å². The van der Waals surface area contributed by atoms with Crippen molar-refractivity contribution in [1.29, 1.82) is 0 Å². The summed E-state index contributed by atoms with van der Waals surface area (Å²) in [5, 5.41) is 0. The van der Waals surface area contributed by atoms with E-state index >= 15 is 0 Å². The Hall–Kier alpha value is -6.54. The quantitative estimate of drug-likeness (QED) is 0.123. The largest absolute Gasteiger partial charge is 0.305 e. The van der Waals surface area contributed by atoms with Crippen molar-refractivity contribution in [2.24, 2.45) is 0 Å². The maximum Gasteiger partial charge on any atom is 0.0838 e. The second-order valence-corrected chi connectivity index (χ2v) is 18.0. The highest BCUT2D eigenvalue weighted by molar-refractivity contribution is 7.36. The molecule has 0 spiro atoms. The van der Waals surface area contributed by atoms with Crippen molar-refractivity contribution in [3.05, 3.63) is 194 Å². The van der Waals surface area contributed by atoms with Crippen LogP contribution in [0, 0.1) is 0 Å². The summed E-state index contributed by atoms with van der Waals surface area (Å²) in [6.45, 7) is 0. The second kappa shape index (κ2) is 13.5. The van der Waals surface area contributed by atoms with Gasteiger partial charge in [0.2, 0.25) is 0 Å². The van der Waals surface area contributed by atoms with Gasteiger partial charge in [0.25, 0.3) is 0 Å². The SMILES string of the molecule is [2H]c1c([2H])c([2H])c(-c2ccc3c(c2)sc2c4sc5cc(-c6c([2H])c([2H])c([2H])c([2H])c6[2H])ccc5n5c6ccc(-c7c([2H])c([2H])c([2H])c([2H])c7[2H])cc6sc(c6sc7cc(-c8c([2H])c([2H])c([2H])c([2H])c8[2H])ccc7n3c26)c45)c([2H])c1[2H]. The van der Waals surface area contributed by atoms with Crippen LogP contribution in [0.4, 0.5) is 0 Å². The molecular formula is C54H32N2S4. The molecule has 0 aliphatic carbocycles. The Morgan fingerprint density at radius 2 is 0.517 bits per heavy atom. The molecule has 4 heterocycles. The first-order chi connectivity index (χ1) is 38.0. The van der Waals surface area contributed by atoms with Crippen LogP contribution >= 0.6 is 45.3 Å². The molecule has 0 saturated carbocycles. The molecule has 0 atom stereocenters. The van der Waals surface area contributed by atoms with E-state index in [9.17, 15) is 0 Å². The predicted molar refractivity (Wildman–Crippen MR) is 264 cm³/mol. The molecule has 0 saturated heterocycles. The number of hydrogen-bond donors (Lipinski definition) is 0. The van der Waals surface area contributed by atoms with E-state index in [0.29, 0.717) is 63.1 Å². The summed E-state index contributed by atoms with van der Waals surface area (Å²) < 4.78 is 182. The van der Waals surface area contributed by atoms with Crippen LogP contribution in [0.2, 0.25) is 0 Å². The van der Waals surface area contributed by atoms with Gasteiger partial charge in [-0.1, -0.05) is 145 Å². The van der Waals surface area contributed by atoms with Gasteiger partial charge in [0, 0.05) is 0 Å². The van der Waals surface area contributed by atoms with Gasteiger partial charge in [0.05, 0.1) is 98.1 Å². The molecule has 0 unspecified atom stereocenters. The Morgan fingerprint density at radius 3 is 0.750 bits per heavy atom. The molecule has 0 bridgehead atoms. The van der Waals surface area contributed by atoms with Gasteiger partial charge in [-0.3, -0.25) is 0 Å². The summed E-state index contributed by atoms with van der Waals surface area (Å²) >= 11 is 5.61. The van der Waals surface area contributed by atoms with Gasteiger partial charge in [0.1, 0.15) is 0 Å². The summed E-state index contributed by atoms with van der Waals surface area (Å²) in [6.07, 6.45) is 0. The Morgan fingerprint density at radius 1 is 0.283 bits per heavy atom. The Kier molecular flexibility index (Phi) is 4.53. The van der Waals surface area contributed by atoms with Gasteiger partial charge in [-0.15, -0.1) is 45.3 Å². The summed E-state index contributed by atoms with van der Waals surface area (Å²) in [4.78, 5) is 0. The third-order valence-electron chi connectivity index (χ3n) is 10.5. The van der Waals surface area contributed by atoms with E-state index in [1.807, 2.05) is 24.3 Å². The molecule has 0 aliphatic rings. The molecule has 4 aromatic heterocycles. The zero-order valence-electron chi connectivity index (χ0n) is 50.5. The minimum absolute atomic E-state index is 0.00108. The molecule has 13 rings (SSSR count). The third-order valence-corrected chi connectivity index (χ3v) is 15.4. The van der Waals surface area contributed by atoms with E-state index in [1.54, 1.807) is 48.5 Å². The van der Waals surface area contributed by atoms with Crippen LogP contribution in [0.1, 0.15) is 27.4 Å². The Labute approximate surface area is 389 Å². The highest BCUT2D eigenvalue weighted by Gasteiger charge is 2.23. The summed E-state index contributed by atoms with van der Waals surface area (Å²) in [7, 11) is 0. The van der Waals surface area contributed by atoms with Crippen LogP contribution in [-0.4, -0.2) is 8.80 Å². The standard InChI is InChI=1S/C54H32N2S4/c1-5-13-33(14-6-1)37-21-25-41-45(29-37)57-51-49-53(59-46-30-38(22-26-42(46)55(41)49)34-15-7-2-8-16-34)54-50-52(51)58-47-31-39(35-17-9-3-10-18-35)23-27-43(47)56(50)44-28-24-40(32-48(44)60-54)36-19-11-4-12-20-36/h1-32H/i1D,2D,3D,4D,5D,6D,7D,8D,9D,10D,11D,12D,13D,14D,15D,16D,17D,18D,19D,20D. The third kappa shape index (κ3) is 5.28. The van der Waals surface area contributed by atoms with Crippen LogP contribution in [0.25, 0.3) is 115 Å². The van der Waals surface area contributed by atoms with E-state index in [1.165, 1.54) is 45.3 Å².